The zero-order valence-electron chi connectivity index (χ0n) is 12.8. The molecule has 4 nitrogen and oxygen atoms in total. The highest BCUT2D eigenvalue weighted by atomic mass is 35.5. The van der Waals surface area contributed by atoms with Crippen molar-refractivity contribution in [2.75, 3.05) is 20.2 Å². The van der Waals surface area contributed by atoms with E-state index in [2.05, 4.69) is 5.32 Å². The predicted octanol–water partition coefficient (Wildman–Crippen LogP) is 3.52. The van der Waals surface area contributed by atoms with Gasteiger partial charge in [-0.25, -0.2) is 4.79 Å². The maximum atomic E-state index is 12.2. The van der Waals surface area contributed by atoms with E-state index in [-0.39, 0.29) is 12.4 Å². The van der Waals surface area contributed by atoms with E-state index in [0.29, 0.717) is 17.3 Å². The molecule has 2 aromatic rings. The summed E-state index contributed by atoms with van der Waals surface area (Å²) in [5, 5.41) is 3.52. The number of ether oxygens (including phenoxy) is 2. The molecule has 0 saturated heterocycles. The molecule has 0 aliphatic carbocycles. The molecule has 0 aromatic heterocycles. The Kier molecular flexibility index (Phi) is 6.66. The molecule has 0 unspecified atom stereocenters. The van der Waals surface area contributed by atoms with Crippen molar-refractivity contribution in [1.82, 2.24) is 5.32 Å². The van der Waals surface area contributed by atoms with Gasteiger partial charge >= 0.3 is 5.97 Å². The van der Waals surface area contributed by atoms with Gasteiger partial charge in [0.25, 0.3) is 0 Å². The second kappa shape index (κ2) is 8.98. The molecule has 0 radical (unpaired) electrons. The lowest BCUT2D eigenvalue weighted by Gasteiger charge is -2.10. The van der Waals surface area contributed by atoms with Gasteiger partial charge < -0.3 is 14.8 Å². The number of carbonyl (C=O) groups is 1. The first-order valence-electron chi connectivity index (χ1n) is 7.21. The fraction of sp³-hybridized carbons (Fsp3) is 0.167. The Morgan fingerprint density at radius 1 is 1.13 bits per heavy atom. The fourth-order valence-electron chi connectivity index (χ4n) is 1.78. The molecule has 0 amide bonds. The summed E-state index contributed by atoms with van der Waals surface area (Å²) in [6.07, 6.45) is 1.65. The summed E-state index contributed by atoms with van der Waals surface area (Å²) in [4.78, 5) is 12.2. The second-order valence-corrected chi connectivity index (χ2v) is 5.15. The minimum Gasteiger partial charge on any atom is -0.458 e. The van der Waals surface area contributed by atoms with E-state index in [4.69, 9.17) is 21.1 Å². The largest absolute Gasteiger partial charge is 0.458 e. The quantitative estimate of drug-likeness (QED) is 0.365. The van der Waals surface area contributed by atoms with Crippen LogP contribution in [0.15, 0.2) is 60.4 Å². The van der Waals surface area contributed by atoms with Crippen LogP contribution in [0.25, 0.3) is 6.08 Å². The van der Waals surface area contributed by atoms with Crippen LogP contribution >= 0.6 is 11.6 Å². The van der Waals surface area contributed by atoms with E-state index >= 15 is 0 Å². The molecule has 0 heterocycles. The summed E-state index contributed by atoms with van der Waals surface area (Å²) in [7, 11) is 1.79. The van der Waals surface area contributed by atoms with Gasteiger partial charge in [0.2, 0.25) is 5.76 Å². The van der Waals surface area contributed by atoms with Crippen molar-refractivity contribution in [1.29, 1.82) is 0 Å². The molecule has 23 heavy (non-hydrogen) atoms. The third-order valence-electron chi connectivity index (χ3n) is 2.93. The zero-order chi connectivity index (χ0) is 16.5. The van der Waals surface area contributed by atoms with Gasteiger partial charge in [-0.15, -0.1) is 0 Å². The van der Waals surface area contributed by atoms with Gasteiger partial charge in [-0.05, 0) is 43.0 Å². The van der Waals surface area contributed by atoms with Gasteiger partial charge in [0.15, 0.2) is 0 Å². The molecule has 0 atom stereocenters. The van der Waals surface area contributed by atoms with E-state index in [1.165, 1.54) is 0 Å². The summed E-state index contributed by atoms with van der Waals surface area (Å²) < 4.78 is 10.9. The van der Waals surface area contributed by atoms with Gasteiger partial charge in [-0.3, -0.25) is 0 Å². The third kappa shape index (κ3) is 5.77. The maximum Gasteiger partial charge on any atom is 0.374 e. The van der Waals surface area contributed by atoms with E-state index in [1.54, 1.807) is 37.4 Å². The molecule has 1 N–H and O–H groups in total. The monoisotopic (exact) mass is 331 g/mol. The van der Waals surface area contributed by atoms with Crippen molar-refractivity contribution in [3.8, 4) is 5.75 Å². The van der Waals surface area contributed by atoms with Crippen molar-refractivity contribution in [2.24, 2.45) is 0 Å². The Morgan fingerprint density at radius 3 is 2.48 bits per heavy atom. The number of nitrogens with one attached hydrogen (secondary N) is 1. The van der Waals surface area contributed by atoms with Crippen LogP contribution in [0.4, 0.5) is 0 Å². The Hall–Kier alpha value is -2.30. The SMILES string of the molecule is CNCCOC(=O)/C(=C\c1ccccc1)Oc1ccc(Cl)cc1. The normalized spacial score (nSPS) is 11.1. The number of hydrogen-bond acceptors (Lipinski definition) is 4. The number of carbonyl (C=O) groups excluding carboxylic acids is 1. The molecule has 2 rings (SSSR count). The van der Waals surface area contributed by atoms with E-state index < -0.39 is 5.97 Å². The molecule has 0 aliphatic rings. The lowest BCUT2D eigenvalue weighted by Crippen LogP contribution is -2.20. The summed E-state index contributed by atoms with van der Waals surface area (Å²) >= 11 is 5.86. The van der Waals surface area contributed by atoms with Crippen molar-refractivity contribution in [2.45, 2.75) is 0 Å². The molecule has 0 spiro atoms. The Bertz CT molecular complexity index is 654. The van der Waals surface area contributed by atoms with Crippen LogP contribution in [0.3, 0.4) is 0 Å². The van der Waals surface area contributed by atoms with E-state index in [0.717, 1.165) is 5.56 Å². The van der Waals surface area contributed by atoms with Gasteiger partial charge in [-0.2, -0.15) is 0 Å². The highest BCUT2D eigenvalue weighted by Crippen LogP contribution is 2.19. The van der Waals surface area contributed by atoms with Gasteiger partial charge in [0.1, 0.15) is 12.4 Å². The van der Waals surface area contributed by atoms with Gasteiger partial charge in [-0.1, -0.05) is 41.9 Å². The van der Waals surface area contributed by atoms with Crippen molar-refractivity contribution in [3.63, 3.8) is 0 Å². The van der Waals surface area contributed by atoms with Gasteiger partial charge in [0.05, 0.1) is 0 Å². The van der Waals surface area contributed by atoms with Crippen molar-refractivity contribution >= 4 is 23.6 Å². The number of hydrogen-bond donors (Lipinski definition) is 1. The molecule has 0 saturated carbocycles. The Morgan fingerprint density at radius 2 is 1.83 bits per heavy atom. The molecule has 5 heteroatoms. The van der Waals surface area contributed by atoms with Crippen LogP contribution in [0.1, 0.15) is 5.56 Å². The summed E-state index contributed by atoms with van der Waals surface area (Å²) in [5.74, 6) is 0.121. The average molecular weight is 332 g/mol. The van der Waals surface area contributed by atoms with E-state index in [1.807, 2.05) is 30.3 Å². The van der Waals surface area contributed by atoms with Crippen LogP contribution in [-0.2, 0) is 9.53 Å². The minimum absolute atomic E-state index is 0.120. The number of halogens is 1. The third-order valence-corrected chi connectivity index (χ3v) is 3.18. The highest BCUT2D eigenvalue weighted by molar-refractivity contribution is 6.30. The second-order valence-electron chi connectivity index (χ2n) is 4.71. The number of likely N-dealkylation sites (N-methyl/N-ethyl adjacent to an activating group) is 1. The average Bonchev–Trinajstić information content (AvgIpc) is 2.57. The molecule has 0 bridgehead atoms. The van der Waals surface area contributed by atoms with Crippen LogP contribution in [0.2, 0.25) is 5.02 Å². The van der Waals surface area contributed by atoms with Crippen LogP contribution < -0.4 is 10.1 Å². The molecule has 120 valence electrons. The minimum atomic E-state index is -0.515. The van der Waals surface area contributed by atoms with E-state index in [9.17, 15) is 4.79 Å². The van der Waals surface area contributed by atoms with Crippen LogP contribution in [0, 0.1) is 0 Å². The number of esters is 1. The molecular formula is C18H18ClNO3. The topological polar surface area (TPSA) is 47.6 Å². The lowest BCUT2D eigenvalue weighted by molar-refractivity contribution is -0.141. The highest BCUT2D eigenvalue weighted by Gasteiger charge is 2.14. The molecular weight excluding hydrogens is 314 g/mol. The summed E-state index contributed by atoms with van der Waals surface area (Å²) in [5.41, 5.74) is 0.849. The fourth-order valence-corrected chi connectivity index (χ4v) is 1.90. The smallest absolute Gasteiger partial charge is 0.374 e. The van der Waals surface area contributed by atoms with Crippen LogP contribution in [0.5, 0.6) is 5.75 Å². The number of rotatable bonds is 7. The molecule has 2 aromatic carbocycles. The Labute approximate surface area is 140 Å². The maximum absolute atomic E-state index is 12.2. The predicted molar refractivity (Wildman–Crippen MR) is 91.4 cm³/mol. The van der Waals surface area contributed by atoms with Crippen LogP contribution in [-0.4, -0.2) is 26.2 Å². The first kappa shape index (κ1) is 17.1. The molecule has 0 fully saturated rings. The summed E-state index contributed by atoms with van der Waals surface area (Å²) in [6, 6.07) is 16.2. The van der Waals surface area contributed by atoms with Gasteiger partial charge in [0, 0.05) is 11.6 Å². The first-order chi connectivity index (χ1) is 11.2. The zero-order valence-corrected chi connectivity index (χ0v) is 13.5. The van der Waals surface area contributed by atoms with Crippen molar-refractivity contribution in [3.05, 3.63) is 70.9 Å². The summed E-state index contributed by atoms with van der Waals surface area (Å²) in [6.45, 7) is 0.844. The number of benzene rings is 2. The first-order valence-corrected chi connectivity index (χ1v) is 7.59. The lowest BCUT2D eigenvalue weighted by atomic mass is 10.2. The molecule has 0 aliphatic heterocycles. The van der Waals surface area contributed by atoms with Crippen molar-refractivity contribution < 1.29 is 14.3 Å². The standard InChI is InChI=1S/C18H18ClNO3/c1-20-11-12-22-18(21)17(13-14-5-3-2-4-6-14)23-16-9-7-15(19)8-10-16/h2-10,13,20H,11-12H2,1H3/b17-13+. The Balaban J connectivity index is 2.18.